The molecule has 2 heterocycles. The standard InChI is InChI=1S/C29H25N5O5S3/c1-3-32(19-21-7-5-4-6-8-21)42(38,39)24-13-10-22(11-14-24)28(35)33(30-18-23-12-16-27(40-23)34(36)37)29-31-25-15-9-20(2)17-26(25)41-29/h4-18H,3,19H2,1-2H3/b30-18+. The highest BCUT2D eigenvalue weighted by Crippen LogP contribution is 2.31. The molecule has 5 aromatic rings. The van der Waals surface area contributed by atoms with Crippen LogP contribution in [0.25, 0.3) is 10.2 Å². The number of thiophene rings is 1. The van der Waals surface area contributed by atoms with Crippen LogP contribution in [-0.2, 0) is 16.6 Å². The van der Waals surface area contributed by atoms with Crippen LogP contribution < -0.4 is 5.01 Å². The Morgan fingerprint density at radius 2 is 1.76 bits per heavy atom. The zero-order chi connectivity index (χ0) is 29.9. The summed E-state index contributed by atoms with van der Waals surface area (Å²) in [4.78, 5) is 29.5. The number of carbonyl (C=O) groups excluding carboxylic acids is 1. The number of hydrogen-bond acceptors (Lipinski definition) is 9. The Bertz CT molecular complexity index is 1880. The van der Waals surface area contributed by atoms with Gasteiger partial charge < -0.3 is 0 Å². The molecule has 42 heavy (non-hydrogen) atoms. The number of benzene rings is 3. The van der Waals surface area contributed by atoms with Crippen LogP contribution in [0, 0.1) is 17.0 Å². The van der Waals surface area contributed by atoms with Gasteiger partial charge in [-0.05, 0) is 60.5 Å². The van der Waals surface area contributed by atoms with Crippen molar-refractivity contribution in [2.24, 2.45) is 5.10 Å². The quantitative estimate of drug-likeness (QED) is 0.100. The van der Waals surface area contributed by atoms with Gasteiger partial charge in [0.15, 0.2) is 0 Å². The third kappa shape index (κ3) is 6.29. The van der Waals surface area contributed by atoms with Gasteiger partial charge in [-0.1, -0.05) is 66.0 Å². The average molecular weight is 620 g/mol. The van der Waals surface area contributed by atoms with Crippen molar-refractivity contribution < 1.29 is 18.1 Å². The molecular weight excluding hydrogens is 595 g/mol. The number of carbonyl (C=O) groups is 1. The first-order valence-electron chi connectivity index (χ1n) is 12.8. The average Bonchev–Trinajstić information content (AvgIpc) is 3.64. The lowest BCUT2D eigenvalue weighted by molar-refractivity contribution is -0.380. The molecule has 0 N–H and O–H groups in total. The summed E-state index contributed by atoms with van der Waals surface area (Å²) >= 11 is 2.20. The number of rotatable bonds is 10. The van der Waals surface area contributed by atoms with E-state index in [4.69, 9.17) is 0 Å². The number of fused-ring (bicyclic) bond motifs is 1. The number of amides is 1. The number of aromatic nitrogens is 1. The van der Waals surface area contributed by atoms with Crippen molar-refractivity contribution >= 4 is 65.2 Å². The van der Waals surface area contributed by atoms with Crippen LogP contribution in [0.15, 0.2) is 94.9 Å². The minimum absolute atomic E-state index is 0.0463. The molecule has 3 aromatic carbocycles. The highest BCUT2D eigenvalue weighted by atomic mass is 32.2. The molecule has 0 spiro atoms. The van der Waals surface area contributed by atoms with E-state index in [0.29, 0.717) is 15.5 Å². The summed E-state index contributed by atoms with van der Waals surface area (Å²) in [6, 6.07) is 23.7. The predicted molar refractivity (Wildman–Crippen MR) is 166 cm³/mol. The van der Waals surface area contributed by atoms with E-state index >= 15 is 0 Å². The van der Waals surface area contributed by atoms with Gasteiger partial charge in [-0.15, -0.1) is 0 Å². The predicted octanol–water partition coefficient (Wildman–Crippen LogP) is 6.47. The van der Waals surface area contributed by atoms with E-state index in [9.17, 15) is 23.3 Å². The van der Waals surface area contributed by atoms with E-state index < -0.39 is 20.9 Å². The number of nitrogens with zero attached hydrogens (tertiary/aromatic N) is 5. The van der Waals surface area contributed by atoms with Gasteiger partial charge in [0, 0.05) is 24.7 Å². The summed E-state index contributed by atoms with van der Waals surface area (Å²) in [6.45, 7) is 4.23. The van der Waals surface area contributed by atoms with Crippen LogP contribution in [0.2, 0.25) is 0 Å². The molecule has 0 aliphatic carbocycles. The topological polar surface area (TPSA) is 126 Å². The summed E-state index contributed by atoms with van der Waals surface area (Å²) in [5.74, 6) is -0.534. The Kier molecular flexibility index (Phi) is 8.54. The van der Waals surface area contributed by atoms with Gasteiger partial charge in [-0.2, -0.15) is 14.4 Å². The van der Waals surface area contributed by atoms with Gasteiger partial charge in [0.05, 0.1) is 31.1 Å². The van der Waals surface area contributed by atoms with Gasteiger partial charge in [0.25, 0.3) is 5.91 Å². The third-order valence-electron chi connectivity index (χ3n) is 6.29. The maximum Gasteiger partial charge on any atom is 0.324 e. The fraction of sp³-hybridized carbons (Fsp3) is 0.138. The second kappa shape index (κ2) is 12.3. The molecule has 5 rings (SSSR count). The fourth-order valence-electron chi connectivity index (χ4n) is 4.12. The lowest BCUT2D eigenvalue weighted by Gasteiger charge is -2.21. The van der Waals surface area contributed by atoms with Crippen LogP contribution in [0.4, 0.5) is 10.1 Å². The first-order chi connectivity index (χ1) is 20.2. The molecule has 0 aliphatic rings. The molecule has 1 amide bonds. The van der Waals surface area contributed by atoms with Crippen LogP contribution in [0.5, 0.6) is 0 Å². The zero-order valence-corrected chi connectivity index (χ0v) is 25.0. The maximum atomic E-state index is 13.7. The smallest absolute Gasteiger partial charge is 0.267 e. The minimum Gasteiger partial charge on any atom is -0.267 e. The van der Waals surface area contributed by atoms with E-state index in [-0.39, 0.29) is 28.5 Å². The molecule has 10 nitrogen and oxygen atoms in total. The number of anilines is 1. The molecule has 13 heteroatoms. The summed E-state index contributed by atoms with van der Waals surface area (Å²) < 4.78 is 29.0. The summed E-state index contributed by atoms with van der Waals surface area (Å²) in [7, 11) is -3.82. The van der Waals surface area contributed by atoms with Crippen LogP contribution in [0.1, 0.15) is 33.3 Å². The van der Waals surface area contributed by atoms with Crippen molar-refractivity contribution in [3.63, 3.8) is 0 Å². The maximum absolute atomic E-state index is 13.7. The van der Waals surface area contributed by atoms with Crippen molar-refractivity contribution in [3.8, 4) is 0 Å². The number of sulfonamides is 1. The lowest BCUT2D eigenvalue weighted by atomic mass is 10.2. The highest BCUT2D eigenvalue weighted by Gasteiger charge is 2.26. The van der Waals surface area contributed by atoms with E-state index in [2.05, 4.69) is 10.1 Å². The molecule has 0 fully saturated rings. The number of aryl methyl sites for hydroxylation is 1. The molecule has 0 aliphatic heterocycles. The first kappa shape index (κ1) is 29.2. The van der Waals surface area contributed by atoms with Gasteiger partial charge in [-0.3, -0.25) is 14.9 Å². The van der Waals surface area contributed by atoms with E-state index in [1.54, 1.807) is 13.0 Å². The highest BCUT2D eigenvalue weighted by molar-refractivity contribution is 7.89. The van der Waals surface area contributed by atoms with Crippen LogP contribution in [0.3, 0.4) is 0 Å². The van der Waals surface area contributed by atoms with Crippen LogP contribution in [-0.4, -0.2) is 41.3 Å². The van der Waals surface area contributed by atoms with Gasteiger partial charge in [0.1, 0.15) is 0 Å². The Morgan fingerprint density at radius 3 is 2.43 bits per heavy atom. The molecule has 0 bridgehead atoms. The van der Waals surface area contributed by atoms with Crippen LogP contribution >= 0.6 is 22.7 Å². The molecule has 0 saturated heterocycles. The summed E-state index contributed by atoms with van der Waals surface area (Å²) in [5, 5.41) is 16.8. The van der Waals surface area contributed by atoms with E-state index in [0.717, 1.165) is 32.2 Å². The molecule has 0 unspecified atom stereocenters. The van der Waals surface area contributed by atoms with Gasteiger partial charge in [-0.25, -0.2) is 13.4 Å². The Balaban J connectivity index is 1.45. The molecule has 214 valence electrons. The minimum atomic E-state index is -3.82. The monoisotopic (exact) mass is 619 g/mol. The zero-order valence-electron chi connectivity index (χ0n) is 22.6. The second-order valence-corrected chi connectivity index (χ2v) is 13.2. The third-order valence-corrected chi connectivity index (χ3v) is 10.2. The normalized spacial score (nSPS) is 11.9. The Hall–Kier alpha value is -4.30. The largest absolute Gasteiger partial charge is 0.324 e. The number of nitro groups is 1. The van der Waals surface area contributed by atoms with Crippen molar-refractivity contribution in [1.82, 2.24) is 9.29 Å². The molecule has 2 aromatic heterocycles. The Morgan fingerprint density at radius 1 is 1.02 bits per heavy atom. The van der Waals surface area contributed by atoms with E-state index in [1.165, 1.54) is 52.2 Å². The van der Waals surface area contributed by atoms with Crippen molar-refractivity contribution in [2.45, 2.75) is 25.3 Å². The SMILES string of the molecule is CCN(Cc1ccccc1)S(=O)(=O)c1ccc(C(=O)N(/N=C/c2ccc([N+](=O)[O-])s2)c2nc3ccc(C)cc3s2)cc1. The lowest BCUT2D eigenvalue weighted by Crippen LogP contribution is -2.30. The number of thiazole rings is 1. The molecule has 0 radical (unpaired) electrons. The van der Waals surface area contributed by atoms with Gasteiger partial charge >= 0.3 is 5.00 Å². The number of hydrogen-bond donors (Lipinski definition) is 0. The first-order valence-corrected chi connectivity index (χ1v) is 15.9. The van der Waals surface area contributed by atoms with Crippen molar-refractivity contribution in [3.05, 3.63) is 117 Å². The molecule has 0 saturated carbocycles. The molecular formula is C29H25N5O5S3. The summed E-state index contributed by atoms with van der Waals surface area (Å²) in [5.41, 5.74) is 2.80. The van der Waals surface area contributed by atoms with E-state index in [1.807, 2.05) is 55.5 Å². The Labute approximate surface area is 250 Å². The number of hydrazone groups is 1. The summed E-state index contributed by atoms with van der Waals surface area (Å²) in [6.07, 6.45) is 1.37. The van der Waals surface area contributed by atoms with Crippen molar-refractivity contribution in [2.75, 3.05) is 11.6 Å². The molecule has 0 atom stereocenters. The van der Waals surface area contributed by atoms with Gasteiger partial charge in [0.2, 0.25) is 15.2 Å². The second-order valence-electron chi connectivity index (χ2n) is 9.20. The fourth-order valence-corrected chi connectivity index (χ4v) is 7.26. The van der Waals surface area contributed by atoms with Crippen molar-refractivity contribution in [1.29, 1.82) is 0 Å².